The third kappa shape index (κ3) is 5.29. The predicted molar refractivity (Wildman–Crippen MR) is 112 cm³/mol. The van der Waals surface area contributed by atoms with Crippen LogP contribution < -0.4 is 16.2 Å². The van der Waals surface area contributed by atoms with Crippen LogP contribution in [0, 0.1) is 10.1 Å². The minimum Gasteiger partial charge on any atom is -0.462 e. The van der Waals surface area contributed by atoms with E-state index in [0.29, 0.717) is 11.3 Å². The fourth-order valence-corrected chi connectivity index (χ4v) is 2.59. The number of hydrazine groups is 1. The first kappa shape index (κ1) is 21.2. The number of nitrogens with one attached hydrogen (secondary N) is 3. The SMILES string of the molecule is CCOC(=O)c1cccc(Nc2ncnc(NNC(=O)c3ccccc3)c2[N+](=O)[O-])c1. The second kappa shape index (κ2) is 9.78. The van der Waals surface area contributed by atoms with E-state index in [0.717, 1.165) is 6.33 Å². The second-order valence-electron chi connectivity index (χ2n) is 6.05. The molecule has 0 aliphatic rings. The first-order chi connectivity index (χ1) is 15.0. The standard InChI is InChI=1S/C20H18N6O5/c1-2-31-20(28)14-9-6-10-15(11-14)23-17-16(26(29)30)18(22-12-21-17)24-25-19(27)13-7-4-3-5-8-13/h3-12H,2H2,1H3,(H,25,27)(H2,21,22,23,24). The molecule has 0 spiro atoms. The van der Waals surface area contributed by atoms with Crippen LogP contribution in [0.1, 0.15) is 27.6 Å². The number of anilines is 3. The molecule has 0 saturated heterocycles. The number of aromatic nitrogens is 2. The van der Waals surface area contributed by atoms with Crippen LogP contribution in [0.5, 0.6) is 0 Å². The van der Waals surface area contributed by atoms with Crippen LogP contribution in [0.3, 0.4) is 0 Å². The highest BCUT2D eigenvalue weighted by Crippen LogP contribution is 2.31. The van der Waals surface area contributed by atoms with Crippen LogP contribution >= 0.6 is 0 Å². The van der Waals surface area contributed by atoms with Crippen molar-refractivity contribution in [1.29, 1.82) is 0 Å². The number of hydrogen-bond acceptors (Lipinski definition) is 9. The van der Waals surface area contributed by atoms with Gasteiger partial charge in [-0.05, 0) is 37.3 Å². The lowest BCUT2D eigenvalue weighted by molar-refractivity contribution is -0.383. The maximum atomic E-state index is 12.2. The van der Waals surface area contributed by atoms with Gasteiger partial charge < -0.3 is 10.1 Å². The summed E-state index contributed by atoms with van der Waals surface area (Å²) in [6, 6.07) is 14.6. The molecule has 1 amide bonds. The van der Waals surface area contributed by atoms with Gasteiger partial charge in [-0.2, -0.15) is 0 Å². The van der Waals surface area contributed by atoms with Crippen molar-refractivity contribution in [2.45, 2.75) is 6.92 Å². The third-order valence-corrected chi connectivity index (χ3v) is 3.97. The number of rotatable bonds is 8. The van der Waals surface area contributed by atoms with Gasteiger partial charge in [-0.15, -0.1) is 0 Å². The van der Waals surface area contributed by atoms with E-state index >= 15 is 0 Å². The molecule has 3 N–H and O–H groups in total. The Morgan fingerprint density at radius 2 is 1.74 bits per heavy atom. The lowest BCUT2D eigenvalue weighted by atomic mass is 10.2. The Morgan fingerprint density at radius 3 is 2.45 bits per heavy atom. The normalized spacial score (nSPS) is 10.1. The van der Waals surface area contributed by atoms with E-state index in [2.05, 4.69) is 26.1 Å². The fraction of sp³-hybridized carbons (Fsp3) is 0.100. The van der Waals surface area contributed by atoms with Crippen molar-refractivity contribution in [3.63, 3.8) is 0 Å². The summed E-state index contributed by atoms with van der Waals surface area (Å²) in [4.78, 5) is 42.8. The highest BCUT2D eigenvalue weighted by Gasteiger charge is 2.24. The Morgan fingerprint density at radius 1 is 1.03 bits per heavy atom. The predicted octanol–water partition coefficient (Wildman–Crippen LogP) is 3.06. The summed E-state index contributed by atoms with van der Waals surface area (Å²) in [6.45, 7) is 1.91. The molecule has 1 heterocycles. The molecule has 11 heteroatoms. The van der Waals surface area contributed by atoms with Crippen LogP contribution in [0.15, 0.2) is 60.9 Å². The number of esters is 1. The lowest BCUT2D eigenvalue weighted by Gasteiger charge is -2.11. The van der Waals surface area contributed by atoms with Crippen LogP contribution in [0.4, 0.5) is 23.0 Å². The van der Waals surface area contributed by atoms with Crippen molar-refractivity contribution in [2.24, 2.45) is 0 Å². The Bertz CT molecular complexity index is 1110. The molecule has 0 aliphatic heterocycles. The Labute approximate surface area is 176 Å². The Balaban J connectivity index is 1.82. The number of amides is 1. The molecule has 0 unspecified atom stereocenters. The van der Waals surface area contributed by atoms with E-state index in [4.69, 9.17) is 4.74 Å². The lowest BCUT2D eigenvalue weighted by Crippen LogP contribution is -2.30. The number of carbonyl (C=O) groups excluding carboxylic acids is 2. The van der Waals surface area contributed by atoms with Gasteiger partial charge in [-0.3, -0.25) is 25.8 Å². The minimum atomic E-state index is -0.686. The van der Waals surface area contributed by atoms with Gasteiger partial charge in [-0.25, -0.2) is 14.8 Å². The van der Waals surface area contributed by atoms with Gasteiger partial charge in [0, 0.05) is 11.3 Å². The molecule has 31 heavy (non-hydrogen) atoms. The largest absolute Gasteiger partial charge is 0.462 e. The zero-order valence-corrected chi connectivity index (χ0v) is 16.4. The van der Waals surface area contributed by atoms with Crippen molar-refractivity contribution < 1.29 is 19.2 Å². The van der Waals surface area contributed by atoms with Crippen LogP contribution in [-0.2, 0) is 4.74 Å². The summed E-state index contributed by atoms with van der Waals surface area (Å²) in [5.41, 5.74) is 5.36. The summed E-state index contributed by atoms with van der Waals surface area (Å²) >= 11 is 0. The Hall–Kier alpha value is -4.54. The van der Waals surface area contributed by atoms with Crippen molar-refractivity contribution >= 4 is 34.9 Å². The second-order valence-corrected chi connectivity index (χ2v) is 6.05. The van der Waals surface area contributed by atoms with Crippen molar-refractivity contribution in [1.82, 2.24) is 15.4 Å². The van der Waals surface area contributed by atoms with Gasteiger partial charge >= 0.3 is 11.7 Å². The van der Waals surface area contributed by atoms with Gasteiger partial charge in [0.2, 0.25) is 11.6 Å². The number of benzene rings is 2. The third-order valence-electron chi connectivity index (χ3n) is 3.97. The minimum absolute atomic E-state index is 0.127. The smallest absolute Gasteiger partial charge is 0.355 e. The number of carbonyl (C=O) groups is 2. The van der Waals surface area contributed by atoms with Crippen molar-refractivity contribution in [2.75, 3.05) is 17.3 Å². The molecule has 0 fully saturated rings. The van der Waals surface area contributed by atoms with E-state index in [1.807, 2.05) is 0 Å². The van der Waals surface area contributed by atoms with E-state index in [9.17, 15) is 19.7 Å². The number of nitro groups is 1. The molecule has 0 atom stereocenters. The van der Waals surface area contributed by atoms with Gasteiger partial charge in [0.25, 0.3) is 5.91 Å². The monoisotopic (exact) mass is 422 g/mol. The van der Waals surface area contributed by atoms with Gasteiger partial charge in [0.05, 0.1) is 17.1 Å². The molecule has 1 aromatic heterocycles. The molecule has 0 aliphatic carbocycles. The molecule has 3 aromatic rings. The summed E-state index contributed by atoms with van der Waals surface area (Å²) in [7, 11) is 0. The van der Waals surface area contributed by atoms with Gasteiger partial charge in [-0.1, -0.05) is 24.3 Å². The average Bonchev–Trinajstić information content (AvgIpc) is 2.78. The highest BCUT2D eigenvalue weighted by molar-refractivity contribution is 5.95. The zero-order chi connectivity index (χ0) is 22.2. The molecule has 11 nitrogen and oxygen atoms in total. The molecule has 0 radical (unpaired) electrons. The maximum Gasteiger partial charge on any atom is 0.355 e. The maximum absolute atomic E-state index is 12.2. The molecule has 3 rings (SSSR count). The summed E-state index contributed by atoms with van der Waals surface area (Å²) in [5.74, 6) is -1.36. The first-order valence-corrected chi connectivity index (χ1v) is 9.14. The molecule has 158 valence electrons. The van der Waals surface area contributed by atoms with Crippen molar-refractivity contribution in [3.05, 3.63) is 82.2 Å². The highest BCUT2D eigenvalue weighted by atomic mass is 16.6. The van der Waals surface area contributed by atoms with Crippen molar-refractivity contribution in [3.8, 4) is 0 Å². The van der Waals surface area contributed by atoms with E-state index in [1.165, 1.54) is 6.07 Å². The molecule has 0 saturated carbocycles. The van der Waals surface area contributed by atoms with Crippen LogP contribution in [-0.4, -0.2) is 33.4 Å². The summed E-state index contributed by atoms with van der Waals surface area (Å²) < 4.78 is 4.95. The summed E-state index contributed by atoms with van der Waals surface area (Å²) in [6.07, 6.45) is 1.10. The molecule has 2 aromatic carbocycles. The summed E-state index contributed by atoms with van der Waals surface area (Å²) in [5, 5.41) is 14.5. The van der Waals surface area contributed by atoms with Gasteiger partial charge in [0.15, 0.2) is 0 Å². The molecule has 0 bridgehead atoms. The fourth-order valence-electron chi connectivity index (χ4n) is 2.59. The first-order valence-electron chi connectivity index (χ1n) is 9.14. The topological polar surface area (TPSA) is 148 Å². The Kier molecular flexibility index (Phi) is 6.68. The molecular weight excluding hydrogens is 404 g/mol. The zero-order valence-electron chi connectivity index (χ0n) is 16.4. The van der Waals surface area contributed by atoms with E-state index in [-0.39, 0.29) is 23.8 Å². The number of hydrogen-bond donors (Lipinski definition) is 3. The number of nitrogens with zero attached hydrogens (tertiary/aromatic N) is 3. The van der Waals surface area contributed by atoms with E-state index in [1.54, 1.807) is 55.5 Å². The van der Waals surface area contributed by atoms with Crippen LogP contribution in [0.25, 0.3) is 0 Å². The molecular formula is C20H18N6O5. The quantitative estimate of drug-likeness (QED) is 0.283. The van der Waals surface area contributed by atoms with E-state index < -0.39 is 22.5 Å². The number of ether oxygens (including phenoxy) is 1. The van der Waals surface area contributed by atoms with Crippen LogP contribution in [0.2, 0.25) is 0 Å². The average molecular weight is 422 g/mol. The van der Waals surface area contributed by atoms with Gasteiger partial charge in [0.1, 0.15) is 6.33 Å².